The number of carbonyl (C=O) groups is 1. The average molecular weight is 288 g/mol. The molecule has 1 unspecified atom stereocenters. The molecule has 0 spiro atoms. The molecule has 1 aromatic carbocycles. The Morgan fingerprint density at radius 1 is 1.43 bits per heavy atom. The first-order chi connectivity index (χ1) is 9.97. The molecule has 0 bridgehead atoms. The summed E-state index contributed by atoms with van der Waals surface area (Å²) in [6, 6.07) is 5.45. The van der Waals surface area contributed by atoms with E-state index in [1.807, 2.05) is 39.0 Å². The second-order valence-electron chi connectivity index (χ2n) is 5.43. The van der Waals surface area contributed by atoms with Crippen LogP contribution < -0.4 is 11.1 Å². The molecule has 6 heteroatoms. The Balaban J connectivity index is 2.12. The topological polar surface area (TPSA) is 94.0 Å². The third-order valence-electron chi connectivity index (χ3n) is 3.40. The normalized spacial score (nSPS) is 12.4. The second kappa shape index (κ2) is 6.49. The summed E-state index contributed by atoms with van der Waals surface area (Å²) in [5, 5.41) is 10.4. The molecule has 3 N–H and O–H groups in total. The van der Waals surface area contributed by atoms with Crippen LogP contribution in [0.25, 0.3) is 11.5 Å². The molecule has 0 fully saturated rings. The average Bonchev–Trinajstić information content (AvgIpc) is 2.95. The number of nitrogens with two attached hydrogens (primary N) is 1. The Bertz CT molecular complexity index is 608. The first kappa shape index (κ1) is 15.2. The van der Waals surface area contributed by atoms with Crippen LogP contribution in [0.15, 0.2) is 29.0 Å². The van der Waals surface area contributed by atoms with Crippen LogP contribution in [0.1, 0.15) is 25.8 Å². The van der Waals surface area contributed by atoms with Crippen molar-refractivity contribution in [1.82, 2.24) is 10.2 Å². The number of nitrogens with zero attached hydrogens (tertiary/aromatic N) is 2. The SMILES string of the molecule is Cc1ccc(-c2nnco2)cc1NC(=O)CC(N)C(C)C. The third kappa shape index (κ3) is 3.88. The number of anilines is 1. The van der Waals surface area contributed by atoms with E-state index in [-0.39, 0.29) is 17.9 Å². The Morgan fingerprint density at radius 2 is 2.19 bits per heavy atom. The summed E-state index contributed by atoms with van der Waals surface area (Å²) < 4.78 is 5.16. The van der Waals surface area contributed by atoms with Crippen LogP contribution in [-0.4, -0.2) is 22.1 Å². The maximum absolute atomic E-state index is 12.0. The van der Waals surface area contributed by atoms with Crippen LogP contribution in [0.4, 0.5) is 5.69 Å². The molecule has 0 aliphatic carbocycles. The van der Waals surface area contributed by atoms with Gasteiger partial charge in [0.1, 0.15) is 0 Å². The molecule has 0 aliphatic heterocycles. The van der Waals surface area contributed by atoms with Gasteiger partial charge in [-0.2, -0.15) is 0 Å². The molecule has 21 heavy (non-hydrogen) atoms. The summed E-state index contributed by atoms with van der Waals surface area (Å²) in [7, 11) is 0. The van der Waals surface area contributed by atoms with Crippen molar-refractivity contribution in [1.29, 1.82) is 0 Å². The molecule has 0 saturated heterocycles. The molecule has 1 aromatic heterocycles. The third-order valence-corrected chi connectivity index (χ3v) is 3.40. The summed E-state index contributed by atoms with van der Waals surface area (Å²) in [6.07, 6.45) is 1.57. The van der Waals surface area contributed by atoms with E-state index >= 15 is 0 Å². The van der Waals surface area contributed by atoms with Crippen molar-refractivity contribution < 1.29 is 9.21 Å². The van der Waals surface area contributed by atoms with Crippen molar-refractivity contribution in [3.05, 3.63) is 30.2 Å². The van der Waals surface area contributed by atoms with Gasteiger partial charge in [-0.3, -0.25) is 4.79 Å². The predicted octanol–water partition coefficient (Wildman–Crippen LogP) is 2.36. The van der Waals surface area contributed by atoms with Gasteiger partial charge in [0.15, 0.2) is 0 Å². The van der Waals surface area contributed by atoms with E-state index < -0.39 is 0 Å². The van der Waals surface area contributed by atoms with Crippen molar-refractivity contribution in [3.63, 3.8) is 0 Å². The van der Waals surface area contributed by atoms with E-state index in [2.05, 4.69) is 15.5 Å². The van der Waals surface area contributed by atoms with Crippen molar-refractivity contribution in [2.45, 2.75) is 33.2 Å². The van der Waals surface area contributed by atoms with Crippen molar-refractivity contribution in [2.24, 2.45) is 11.7 Å². The Kier molecular flexibility index (Phi) is 4.70. The van der Waals surface area contributed by atoms with E-state index in [0.29, 0.717) is 12.3 Å². The number of amides is 1. The van der Waals surface area contributed by atoms with E-state index in [0.717, 1.165) is 16.8 Å². The molecule has 2 rings (SSSR count). The minimum atomic E-state index is -0.149. The quantitative estimate of drug-likeness (QED) is 0.880. The van der Waals surface area contributed by atoms with Gasteiger partial charge < -0.3 is 15.5 Å². The Hall–Kier alpha value is -2.21. The molecule has 1 amide bonds. The predicted molar refractivity (Wildman–Crippen MR) is 80.5 cm³/mol. The van der Waals surface area contributed by atoms with Gasteiger partial charge in [-0.05, 0) is 30.5 Å². The minimum Gasteiger partial charge on any atom is -0.423 e. The summed E-state index contributed by atoms with van der Waals surface area (Å²) in [5.74, 6) is 0.591. The van der Waals surface area contributed by atoms with Gasteiger partial charge in [0.2, 0.25) is 18.2 Å². The molecule has 1 heterocycles. The highest BCUT2D eigenvalue weighted by Crippen LogP contribution is 2.24. The van der Waals surface area contributed by atoms with E-state index in [4.69, 9.17) is 10.2 Å². The lowest BCUT2D eigenvalue weighted by Crippen LogP contribution is -2.31. The summed E-state index contributed by atoms with van der Waals surface area (Å²) in [4.78, 5) is 12.0. The number of benzene rings is 1. The molecule has 2 aromatic rings. The molecule has 112 valence electrons. The zero-order valence-electron chi connectivity index (χ0n) is 12.5. The van der Waals surface area contributed by atoms with Crippen LogP contribution in [0.3, 0.4) is 0 Å². The number of rotatable bonds is 5. The Morgan fingerprint density at radius 3 is 2.81 bits per heavy atom. The summed E-state index contributed by atoms with van der Waals surface area (Å²) in [6.45, 7) is 5.92. The number of aryl methyl sites for hydroxylation is 1. The molecule has 0 saturated carbocycles. The van der Waals surface area contributed by atoms with Crippen LogP contribution >= 0.6 is 0 Å². The van der Waals surface area contributed by atoms with E-state index in [1.54, 1.807) is 0 Å². The first-order valence-corrected chi connectivity index (χ1v) is 6.90. The van der Waals surface area contributed by atoms with Crippen molar-refractivity contribution in [2.75, 3.05) is 5.32 Å². The summed E-state index contributed by atoms with van der Waals surface area (Å²) >= 11 is 0. The number of hydrogen-bond acceptors (Lipinski definition) is 5. The molecule has 6 nitrogen and oxygen atoms in total. The molecule has 1 atom stereocenters. The van der Waals surface area contributed by atoms with Gasteiger partial charge in [0.25, 0.3) is 0 Å². The van der Waals surface area contributed by atoms with E-state index in [9.17, 15) is 4.79 Å². The fraction of sp³-hybridized carbons (Fsp3) is 0.400. The van der Waals surface area contributed by atoms with Gasteiger partial charge >= 0.3 is 0 Å². The maximum atomic E-state index is 12.0. The molecular weight excluding hydrogens is 268 g/mol. The van der Waals surface area contributed by atoms with Crippen LogP contribution in [-0.2, 0) is 4.79 Å². The standard InChI is InChI=1S/C15H20N4O2/c1-9(2)12(16)7-14(20)18-13-6-11(5-4-10(13)3)15-19-17-8-21-15/h4-6,8-9,12H,7,16H2,1-3H3,(H,18,20). The number of nitrogens with one attached hydrogen (secondary N) is 1. The summed E-state index contributed by atoms with van der Waals surface area (Å²) in [5.41, 5.74) is 8.38. The van der Waals surface area contributed by atoms with Crippen LogP contribution in [0.5, 0.6) is 0 Å². The van der Waals surface area contributed by atoms with Crippen molar-refractivity contribution in [3.8, 4) is 11.5 Å². The maximum Gasteiger partial charge on any atom is 0.247 e. The van der Waals surface area contributed by atoms with Gasteiger partial charge in [0.05, 0.1) is 0 Å². The Labute approximate surface area is 123 Å². The highest BCUT2D eigenvalue weighted by Gasteiger charge is 2.14. The minimum absolute atomic E-state index is 0.0954. The number of hydrogen-bond donors (Lipinski definition) is 2. The largest absolute Gasteiger partial charge is 0.423 e. The van der Waals surface area contributed by atoms with Gasteiger partial charge in [0, 0.05) is 23.7 Å². The molecule has 0 aliphatic rings. The molecule has 0 radical (unpaired) electrons. The van der Waals surface area contributed by atoms with Crippen molar-refractivity contribution >= 4 is 11.6 Å². The lowest BCUT2D eigenvalue weighted by Gasteiger charge is -2.16. The zero-order valence-corrected chi connectivity index (χ0v) is 12.5. The fourth-order valence-corrected chi connectivity index (χ4v) is 1.84. The van der Waals surface area contributed by atoms with Crippen LogP contribution in [0.2, 0.25) is 0 Å². The first-order valence-electron chi connectivity index (χ1n) is 6.90. The number of aromatic nitrogens is 2. The van der Waals surface area contributed by atoms with E-state index in [1.165, 1.54) is 6.39 Å². The zero-order chi connectivity index (χ0) is 15.4. The highest BCUT2D eigenvalue weighted by atomic mass is 16.4. The number of carbonyl (C=O) groups excluding carboxylic acids is 1. The highest BCUT2D eigenvalue weighted by molar-refractivity contribution is 5.92. The fourth-order valence-electron chi connectivity index (χ4n) is 1.84. The van der Waals surface area contributed by atoms with Gasteiger partial charge in [-0.1, -0.05) is 19.9 Å². The lowest BCUT2D eigenvalue weighted by atomic mass is 10.0. The lowest BCUT2D eigenvalue weighted by molar-refractivity contribution is -0.116. The molecular formula is C15H20N4O2. The van der Waals surface area contributed by atoms with Gasteiger partial charge in [-0.25, -0.2) is 0 Å². The van der Waals surface area contributed by atoms with Crippen LogP contribution in [0, 0.1) is 12.8 Å². The second-order valence-corrected chi connectivity index (χ2v) is 5.43. The van der Waals surface area contributed by atoms with Gasteiger partial charge in [-0.15, -0.1) is 10.2 Å². The smallest absolute Gasteiger partial charge is 0.247 e. The monoisotopic (exact) mass is 288 g/mol.